The highest BCUT2D eigenvalue weighted by Crippen LogP contribution is 2.35. The number of carbonyl (C=O) groups excluding carboxylic acids is 5. The Balaban J connectivity index is 1.37. The second kappa shape index (κ2) is 14.2. The van der Waals surface area contributed by atoms with Crippen molar-refractivity contribution in [1.82, 2.24) is 25.2 Å². The summed E-state index contributed by atoms with van der Waals surface area (Å²) in [5.74, 6) is -3.57. The number of Topliss-reactive ketones (excluding diaryl/α,β-unsaturated/α-hetero) is 1. The highest BCUT2D eigenvalue weighted by Gasteiger charge is 2.49. The molecule has 0 spiro atoms. The Hall–Kier alpha value is -4.78. The molecule has 2 heterocycles. The van der Waals surface area contributed by atoms with Gasteiger partial charge in [0.25, 0.3) is 17.7 Å². The third-order valence-electron chi connectivity index (χ3n) is 10.6. The van der Waals surface area contributed by atoms with E-state index in [0.29, 0.717) is 24.1 Å². The topological polar surface area (TPSA) is 190 Å². The molecule has 6 rings (SSSR count). The predicted molar refractivity (Wildman–Crippen MR) is 185 cm³/mol. The lowest BCUT2D eigenvalue weighted by Crippen LogP contribution is -2.60. The van der Waals surface area contributed by atoms with Crippen molar-refractivity contribution in [3.05, 3.63) is 59.9 Å². The number of aliphatic imine (C=N–C) groups is 1. The molecule has 1 aromatic heterocycles. The van der Waals surface area contributed by atoms with Crippen LogP contribution in [0.2, 0.25) is 0 Å². The van der Waals surface area contributed by atoms with Gasteiger partial charge >= 0.3 is 0 Å². The molecular formula is C37H45N7O6. The van der Waals surface area contributed by atoms with E-state index in [0.717, 1.165) is 42.9 Å². The maximum atomic E-state index is 14.7. The molecule has 2 saturated carbocycles. The summed E-state index contributed by atoms with van der Waals surface area (Å²) in [4.78, 5) is 73.6. The molecule has 1 saturated heterocycles. The van der Waals surface area contributed by atoms with Crippen LogP contribution in [0, 0.1) is 5.92 Å². The quantitative estimate of drug-likeness (QED) is 0.214. The van der Waals surface area contributed by atoms with E-state index in [1.54, 1.807) is 26.0 Å². The van der Waals surface area contributed by atoms with Crippen LogP contribution in [0.5, 0.6) is 0 Å². The Kier molecular flexibility index (Phi) is 9.97. The molecule has 3 aliphatic rings. The van der Waals surface area contributed by atoms with Crippen molar-refractivity contribution in [2.24, 2.45) is 16.6 Å². The minimum atomic E-state index is -1.45. The van der Waals surface area contributed by atoms with Crippen molar-refractivity contribution in [3.8, 4) is 0 Å². The number of hydrogen-bond donors (Lipinski definition) is 3. The first-order valence-electron chi connectivity index (χ1n) is 17.6. The molecule has 2 aromatic carbocycles. The van der Waals surface area contributed by atoms with Crippen molar-refractivity contribution >= 4 is 45.9 Å². The molecular weight excluding hydrogens is 638 g/mol. The van der Waals surface area contributed by atoms with Crippen molar-refractivity contribution < 1.29 is 29.1 Å². The van der Waals surface area contributed by atoms with Gasteiger partial charge in [0.1, 0.15) is 22.9 Å². The normalized spacial score (nSPS) is 21.3. The zero-order chi connectivity index (χ0) is 35.6. The smallest absolute Gasteiger partial charge is 0.287 e. The van der Waals surface area contributed by atoms with Crippen molar-refractivity contribution in [1.29, 1.82) is 0 Å². The largest absolute Gasteiger partial charge is 0.384 e. The van der Waals surface area contributed by atoms with Gasteiger partial charge in [-0.2, -0.15) is 0 Å². The van der Waals surface area contributed by atoms with Gasteiger partial charge in [-0.25, -0.2) is 9.67 Å². The average molecular weight is 684 g/mol. The van der Waals surface area contributed by atoms with Gasteiger partial charge in [-0.3, -0.25) is 24.0 Å². The van der Waals surface area contributed by atoms with Crippen LogP contribution in [0.25, 0.3) is 10.8 Å². The number of amides is 4. The SMILES string of the molecule is CC(C)(O)c1cnnn1[C@H]1C[C@@H](C(=O)NC2(C(=O)C(N)=O)CCCC2)N(C(=O)/C(CC2CCCCC2)=N/C(=O)c2ccc3ccccc3c2)C1. The zero-order valence-electron chi connectivity index (χ0n) is 28.6. The second-order valence-electron chi connectivity index (χ2n) is 14.6. The van der Waals surface area contributed by atoms with Crippen molar-refractivity contribution in [2.75, 3.05) is 6.54 Å². The van der Waals surface area contributed by atoms with Gasteiger partial charge in [-0.05, 0) is 61.9 Å². The number of benzene rings is 2. The number of carbonyl (C=O) groups is 5. The van der Waals surface area contributed by atoms with Gasteiger partial charge in [0.2, 0.25) is 11.7 Å². The fraction of sp³-hybridized carbons (Fsp3) is 0.514. The number of ketones is 1. The van der Waals surface area contributed by atoms with E-state index in [4.69, 9.17) is 5.73 Å². The highest BCUT2D eigenvalue weighted by atomic mass is 16.3. The van der Waals surface area contributed by atoms with Gasteiger partial charge in [0.05, 0.1) is 17.9 Å². The highest BCUT2D eigenvalue weighted by molar-refractivity contribution is 6.41. The van der Waals surface area contributed by atoms with E-state index in [-0.39, 0.29) is 43.9 Å². The Morgan fingerprint density at radius 1 is 1.00 bits per heavy atom. The summed E-state index contributed by atoms with van der Waals surface area (Å²) in [6.45, 7) is 3.20. The lowest BCUT2D eigenvalue weighted by Gasteiger charge is -2.31. The van der Waals surface area contributed by atoms with E-state index in [1.165, 1.54) is 15.8 Å². The van der Waals surface area contributed by atoms with Crippen molar-refractivity contribution in [2.45, 2.75) is 108 Å². The monoisotopic (exact) mass is 683 g/mol. The lowest BCUT2D eigenvalue weighted by atomic mass is 9.85. The third-order valence-corrected chi connectivity index (χ3v) is 10.6. The first kappa shape index (κ1) is 35.1. The standard InChI is InChI=1S/C37H45N7O6/c1-36(2,50)30-21-39-42-44(30)27-20-29(34(48)41-37(16-8-9-17-37)31(45)32(38)46)43(22-27)35(49)28(18-23-10-4-3-5-11-23)40-33(47)26-15-14-24-12-6-7-13-25(24)19-26/h6-7,12-15,19,21,23,27,29,50H,3-5,8-11,16-18,20,22H2,1-2H3,(H2,38,46)(H,41,48)/b40-28+/t27-,29-/m0/s1. The van der Waals surface area contributed by atoms with Crippen LogP contribution in [0.3, 0.4) is 0 Å². The van der Waals surface area contributed by atoms with E-state index in [1.807, 2.05) is 30.3 Å². The Morgan fingerprint density at radius 2 is 1.70 bits per heavy atom. The molecule has 3 aromatic rings. The number of aliphatic hydroxyl groups is 1. The summed E-state index contributed by atoms with van der Waals surface area (Å²) in [6.07, 6.45) is 8.49. The van der Waals surface area contributed by atoms with Crippen LogP contribution in [0.15, 0.2) is 53.7 Å². The number of hydrogen-bond acceptors (Lipinski definition) is 8. The van der Waals surface area contributed by atoms with Gasteiger partial charge in [0.15, 0.2) is 0 Å². The Bertz CT molecular complexity index is 1830. The number of aromatic nitrogens is 3. The number of likely N-dealkylation sites (tertiary alicyclic amines) is 1. The van der Waals surface area contributed by atoms with Crippen LogP contribution in [-0.4, -0.2) is 78.2 Å². The number of nitrogens with zero attached hydrogens (tertiary/aromatic N) is 5. The maximum absolute atomic E-state index is 14.7. The molecule has 2 atom stereocenters. The second-order valence-corrected chi connectivity index (χ2v) is 14.6. The zero-order valence-corrected chi connectivity index (χ0v) is 28.6. The molecule has 4 N–H and O–H groups in total. The predicted octanol–water partition coefficient (Wildman–Crippen LogP) is 3.54. The van der Waals surface area contributed by atoms with Crippen molar-refractivity contribution in [3.63, 3.8) is 0 Å². The summed E-state index contributed by atoms with van der Waals surface area (Å²) in [7, 11) is 0. The van der Waals surface area contributed by atoms with Crippen LogP contribution >= 0.6 is 0 Å². The minimum Gasteiger partial charge on any atom is -0.384 e. The Morgan fingerprint density at radius 3 is 2.38 bits per heavy atom. The molecule has 1 aliphatic heterocycles. The van der Waals surface area contributed by atoms with Gasteiger partial charge in [0, 0.05) is 18.5 Å². The summed E-state index contributed by atoms with van der Waals surface area (Å²) in [5.41, 5.74) is 3.45. The third kappa shape index (κ3) is 7.23. The minimum absolute atomic E-state index is 0.00791. The number of nitrogens with one attached hydrogen (secondary N) is 1. The van der Waals surface area contributed by atoms with Crippen LogP contribution in [0.1, 0.15) is 107 Å². The van der Waals surface area contributed by atoms with Crippen LogP contribution < -0.4 is 11.1 Å². The van der Waals surface area contributed by atoms with Gasteiger partial charge in [-0.15, -0.1) is 5.10 Å². The summed E-state index contributed by atoms with van der Waals surface area (Å²) >= 11 is 0. The molecule has 13 heteroatoms. The number of nitrogens with two attached hydrogens (primary N) is 1. The summed E-state index contributed by atoms with van der Waals surface area (Å²) < 4.78 is 1.52. The number of fused-ring (bicyclic) bond motifs is 1. The Labute approximate surface area is 290 Å². The molecule has 13 nitrogen and oxygen atoms in total. The van der Waals surface area contributed by atoms with E-state index in [9.17, 15) is 29.1 Å². The molecule has 0 bridgehead atoms. The lowest BCUT2D eigenvalue weighted by molar-refractivity contribution is -0.143. The number of rotatable bonds is 10. The maximum Gasteiger partial charge on any atom is 0.287 e. The van der Waals surface area contributed by atoms with Gasteiger partial charge < -0.3 is 21.1 Å². The molecule has 2 aliphatic carbocycles. The van der Waals surface area contributed by atoms with E-state index in [2.05, 4.69) is 20.6 Å². The molecule has 0 unspecified atom stereocenters. The molecule has 4 amide bonds. The van der Waals surface area contributed by atoms with Gasteiger partial charge in [-0.1, -0.05) is 80.5 Å². The van der Waals surface area contributed by atoms with E-state index < -0.39 is 52.6 Å². The summed E-state index contributed by atoms with van der Waals surface area (Å²) in [5, 5.41) is 23.7. The fourth-order valence-corrected chi connectivity index (χ4v) is 7.88. The average Bonchev–Trinajstić information content (AvgIpc) is 3.88. The first-order valence-corrected chi connectivity index (χ1v) is 17.6. The molecule has 264 valence electrons. The first-order chi connectivity index (χ1) is 23.9. The molecule has 3 fully saturated rings. The fourth-order valence-electron chi connectivity index (χ4n) is 7.88. The van der Waals surface area contributed by atoms with Crippen LogP contribution in [-0.2, 0) is 24.8 Å². The van der Waals surface area contributed by atoms with Crippen LogP contribution in [0.4, 0.5) is 0 Å². The van der Waals surface area contributed by atoms with E-state index >= 15 is 0 Å². The molecule has 50 heavy (non-hydrogen) atoms. The number of primary amides is 1. The molecule has 0 radical (unpaired) electrons. The summed E-state index contributed by atoms with van der Waals surface area (Å²) in [6, 6.07) is 11.3.